The SMILES string of the molecule is COc1nc(NN)c(Cl)cc1C. The van der Waals surface area contributed by atoms with E-state index < -0.39 is 0 Å². The second-order valence-corrected chi connectivity index (χ2v) is 2.70. The van der Waals surface area contributed by atoms with E-state index in [1.807, 2.05) is 6.92 Å². The molecule has 0 atom stereocenters. The van der Waals surface area contributed by atoms with Crippen LogP contribution in [0.15, 0.2) is 6.07 Å². The van der Waals surface area contributed by atoms with Crippen LogP contribution >= 0.6 is 11.6 Å². The van der Waals surface area contributed by atoms with Crippen LogP contribution in [0.4, 0.5) is 5.82 Å². The highest BCUT2D eigenvalue weighted by molar-refractivity contribution is 6.33. The van der Waals surface area contributed by atoms with Gasteiger partial charge in [-0.2, -0.15) is 4.98 Å². The molecule has 0 radical (unpaired) electrons. The van der Waals surface area contributed by atoms with E-state index in [0.29, 0.717) is 16.7 Å². The number of halogens is 1. The Kier molecular flexibility index (Phi) is 2.73. The van der Waals surface area contributed by atoms with Gasteiger partial charge in [-0.15, -0.1) is 0 Å². The first-order valence-corrected chi connectivity index (χ1v) is 3.74. The summed E-state index contributed by atoms with van der Waals surface area (Å²) in [6.07, 6.45) is 0. The van der Waals surface area contributed by atoms with Crippen molar-refractivity contribution in [3.8, 4) is 5.88 Å². The second-order valence-electron chi connectivity index (χ2n) is 2.29. The highest BCUT2D eigenvalue weighted by Gasteiger charge is 2.05. The first-order chi connectivity index (χ1) is 5.69. The van der Waals surface area contributed by atoms with Crippen LogP contribution in [0.3, 0.4) is 0 Å². The van der Waals surface area contributed by atoms with E-state index >= 15 is 0 Å². The Bertz CT molecular complexity index is 265. The van der Waals surface area contributed by atoms with Crippen molar-refractivity contribution < 1.29 is 4.74 Å². The number of nitrogens with one attached hydrogen (secondary N) is 1. The van der Waals surface area contributed by atoms with Crippen molar-refractivity contribution in [1.29, 1.82) is 0 Å². The van der Waals surface area contributed by atoms with Gasteiger partial charge >= 0.3 is 0 Å². The zero-order chi connectivity index (χ0) is 9.14. The topological polar surface area (TPSA) is 60.2 Å². The third-order valence-electron chi connectivity index (χ3n) is 1.45. The number of aromatic nitrogens is 1. The number of methoxy groups -OCH3 is 1. The number of ether oxygens (including phenoxy) is 1. The van der Waals surface area contributed by atoms with Gasteiger partial charge in [0.15, 0.2) is 5.82 Å². The van der Waals surface area contributed by atoms with E-state index in [0.717, 1.165) is 5.56 Å². The fourth-order valence-electron chi connectivity index (χ4n) is 0.871. The minimum Gasteiger partial charge on any atom is -0.481 e. The molecule has 1 aromatic heterocycles. The maximum Gasteiger partial charge on any atom is 0.218 e. The quantitative estimate of drug-likeness (QED) is 0.542. The summed E-state index contributed by atoms with van der Waals surface area (Å²) in [4.78, 5) is 4.02. The number of hydrazine groups is 1. The van der Waals surface area contributed by atoms with Gasteiger partial charge in [0.2, 0.25) is 5.88 Å². The van der Waals surface area contributed by atoms with Gasteiger partial charge in [0.1, 0.15) is 0 Å². The van der Waals surface area contributed by atoms with Crippen molar-refractivity contribution in [2.75, 3.05) is 12.5 Å². The molecule has 0 amide bonds. The number of anilines is 1. The monoisotopic (exact) mass is 187 g/mol. The summed E-state index contributed by atoms with van der Waals surface area (Å²) >= 11 is 5.80. The molecule has 1 heterocycles. The van der Waals surface area contributed by atoms with E-state index in [4.69, 9.17) is 22.2 Å². The van der Waals surface area contributed by atoms with Gasteiger partial charge in [-0.3, -0.25) is 0 Å². The van der Waals surface area contributed by atoms with Gasteiger partial charge in [-0.1, -0.05) is 11.6 Å². The van der Waals surface area contributed by atoms with E-state index in [9.17, 15) is 0 Å². The molecule has 0 unspecified atom stereocenters. The van der Waals surface area contributed by atoms with Crippen molar-refractivity contribution in [3.05, 3.63) is 16.7 Å². The molecule has 0 saturated heterocycles. The lowest BCUT2D eigenvalue weighted by Crippen LogP contribution is -2.09. The third-order valence-corrected chi connectivity index (χ3v) is 1.74. The fraction of sp³-hybridized carbons (Fsp3) is 0.286. The molecule has 4 nitrogen and oxygen atoms in total. The molecule has 3 N–H and O–H groups in total. The van der Waals surface area contributed by atoms with E-state index in [-0.39, 0.29) is 0 Å². The molecule has 0 aromatic carbocycles. The number of rotatable bonds is 2. The first-order valence-electron chi connectivity index (χ1n) is 3.36. The van der Waals surface area contributed by atoms with Crippen molar-refractivity contribution in [1.82, 2.24) is 4.98 Å². The molecular weight excluding hydrogens is 178 g/mol. The van der Waals surface area contributed by atoms with Crippen molar-refractivity contribution in [2.24, 2.45) is 5.84 Å². The number of nitrogens with two attached hydrogens (primary N) is 1. The molecule has 0 bridgehead atoms. The average Bonchev–Trinajstić information content (AvgIpc) is 2.05. The number of nitrogen functional groups attached to an aromatic ring is 1. The molecule has 0 fully saturated rings. The number of hydrogen-bond donors (Lipinski definition) is 2. The van der Waals surface area contributed by atoms with Crippen LogP contribution in [0, 0.1) is 6.92 Å². The average molecular weight is 188 g/mol. The highest BCUT2D eigenvalue weighted by atomic mass is 35.5. The fourth-order valence-corrected chi connectivity index (χ4v) is 1.13. The minimum atomic E-state index is 0.416. The molecule has 1 rings (SSSR count). The van der Waals surface area contributed by atoms with Crippen LogP contribution in [-0.4, -0.2) is 12.1 Å². The van der Waals surface area contributed by atoms with E-state index in [1.54, 1.807) is 13.2 Å². The smallest absolute Gasteiger partial charge is 0.218 e. The Morgan fingerprint density at radius 1 is 1.67 bits per heavy atom. The zero-order valence-corrected chi connectivity index (χ0v) is 7.64. The summed E-state index contributed by atoms with van der Waals surface area (Å²) in [6, 6.07) is 1.74. The Morgan fingerprint density at radius 2 is 2.33 bits per heavy atom. The molecule has 1 aromatic rings. The van der Waals surface area contributed by atoms with Crippen LogP contribution in [0.25, 0.3) is 0 Å². The minimum absolute atomic E-state index is 0.416. The standard InChI is InChI=1S/C7H10ClN3O/c1-4-3-5(8)6(11-9)10-7(4)12-2/h3H,9H2,1-2H3,(H,10,11). The lowest BCUT2D eigenvalue weighted by Gasteiger charge is -2.07. The highest BCUT2D eigenvalue weighted by Crippen LogP contribution is 2.25. The van der Waals surface area contributed by atoms with Gasteiger partial charge in [0, 0.05) is 5.56 Å². The molecule has 0 spiro atoms. The summed E-state index contributed by atoms with van der Waals surface area (Å²) in [5, 5.41) is 0.482. The maximum absolute atomic E-state index is 5.80. The van der Waals surface area contributed by atoms with Crippen molar-refractivity contribution in [3.63, 3.8) is 0 Å². The van der Waals surface area contributed by atoms with Crippen LogP contribution in [-0.2, 0) is 0 Å². The molecule has 66 valence electrons. The van der Waals surface area contributed by atoms with Gasteiger partial charge < -0.3 is 10.2 Å². The Labute approximate surface area is 75.7 Å². The van der Waals surface area contributed by atoms with Crippen molar-refractivity contribution in [2.45, 2.75) is 6.92 Å². The summed E-state index contributed by atoms with van der Waals surface area (Å²) in [5.74, 6) is 6.11. The predicted octanol–water partition coefficient (Wildman–Crippen LogP) is 1.34. The summed E-state index contributed by atoms with van der Waals surface area (Å²) < 4.78 is 4.98. The van der Waals surface area contributed by atoms with Crippen LogP contribution in [0.1, 0.15) is 5.56 Å². The third kappa shape index (κ3) is 1.60. The number of hydrogen-bond acceptors (Lipinski definition) is 4. The van der Waals surface area contributed by atoms with Crippen molar-refractivity contribution >= 4 is 17.4 Å². The largest absolute Gasteiger partial charge is 0.481 e. The predicted molar refractivity (Wildman–Crippen MR) is 48.3 cm³/mol. The van der Waals surface area contributed by atoms with E-state index in [2.05, 4.69) is 10.4 Å². The summed E-state index contributed by atoms with van der Waals surface area (Å²) in [6.45, 7) is 1.86. The van der Waals surface area contributed by atoms with Crippen LogP contribution in [0.5, 0.6) is 5.88 Å². The Morgan fingerprint density at radius 3 is 2.83 bits per heavy atom. The maximum atomic E-state index is 5.80. The second kappa shape index (κ2) is 3.60. The Hall–Kier alpha value is -1.00. The molecule has 0 aliphatic heterocycles. The van der Waals surface area contributed by atoms with Gasteiger partial charge in [0.25, 0.3) is 0 Å². The molecule has 0 saturated carbocycles. The lowest BCUT2D eigenvalue weighted by atomic mass is 10.3. The molecule has 5 heteroatoms. The normalized spacial score (nSPS) is 9.67. The van der Waals surface area contributed by atoms with Gasteiger partial charge in [0.05, 0.1) is 12.1 Å². The molecule has 0 aliphatic carbocycles. The van der Waals surface area contributed by atoms with E-state index in [1.165, 1.54) is 0 Å². The number of aryl methyl sites for hydroxylation is 1. The summed E-state index contributed by atoms with van der Waals surface area (Å²) in [7, 11) is 1.55. The molecular formula is C7H10ClN3O. The van der Waals surface area contributed by atoms with Crippen LogP contribution in [0.2, 0.25) is 5.02 Å². The molecule has 0 aliphatic rings. The zero-order valence-electron chi connectivity index (χ0n) is 6.89. The Balaban J connectivity index is 3.18. The number of nitrogens with zero attached hydrogens (tertiary/aromatic N) is 1. The first kappa shape index (κ1) is 9.09. The molecule has 12 heavy (non-hydrogen) atoms. The van der Waals surface area contributed by atoms with Gasteiger partial charge in [-0.05, 0) is 13.0 Å². The van der Waals surface area contributed by atoms with Gasteiger partial charge in [-0.25, -0.2) is 5.84 Å². The van der Waals surface area contributed by atoms with Crippen LogP contribution < -0.4 is 16.0 Å². The number of pyridine rings is 1. The summed E-state index contributed by atoms with van der Waals surface area (Å²) in [5.41, 5.74) is 3.25. The lowest BCUT2D eigenvalue weighted by molar-refractivity contribution is 0.395.